The maximum Gasteiger partial charge on any atom is 0.459 e. The van der Waals surface area contributed by atoms with Crippen LogP contribution in [0, 0.1) is 11.8 Å². The first-order valence-corrected chi connectivity index (χ1v) is 26.0. The van der Waals surface area contributed by atoms with Gasteiger partial charge in [-0.15, -0.1) is 0 Å². The van der Waals surface area contributed by atoms with E-state index in [1.165, 1.54) is 32.7 Å². The maximum atomic E-state index is 13.8. The fourth-order valence-electron chi connectivity index (χ4n) is 7.48. The second-order valence-corrected chi connectivity index (χ2v) is 21.1. The summed E-state index contributed by atoms with van der Waals surface area (Å²) in [4.78, 5) is 53.9. The summed E-state index contributed by atoms with van der Waals surface area (Å²) in [7, 11) is -6.05. The van der Waals surface area contributed by atoms with Gasteiger partial charge in [0.1, 0.15) is 66.0 Å². The number of para-hydroxylation sites is 2. The first-order valence-electron chi connectivity index (χ1n) is 22.9. The lowest BCUT2D eigenvalue weighted by atomic mass is 10.1. The van der Waals surface area contributed by atoms with Crippen molar-refractivity contribution in [2.75, 3.05) is 33.2 Å². The number of anilines is 1. The Morgan fingerprint density at radius 1 is 0.736 bits per heavy atom. The summed E-state index contributed by atoms with van der Waals surface area (Å²) < 4.78 is 71.9. The van der Waals surface area contributed by atoms with Gasteiger partial charge in [0.05, 0.1) is 27.4 Å². The Kier molecular flexibility index (Phi) is 21.0. The summed E-state index contributed by atoms with van der Waals surface area (Å²) in [6, 6.07) is 15.2. The molecule has 3 unspecified atom stereocenters. The minimum Gasteiger partial charge on any atom is -0.468 e. The molecule has 2 saturated heterocycles. The SMILES string of the molecule is COC(=O)[C@H](CC(C)C)NP(=O)(OC[C@H]1O[C@@H](N2C=CC(N)CC2=O)[C@H](O)[C@@H]1O)Oc1ccccc1.COC(=O)[C@H](CC(C)C)NP(=O)(OC[C@H]1O[C@@H](n2ccc(N)nc2=O)[C@H](O)[C@@H]1O)Oc1ccccc1. The van der Waals surface area contributed by atoms with Crippen LogP contribution in [-0.2, 0) is 51.5 Å². The van der Waals surface area contributed by atoms with Crippen LogP contribution < -0.4 is 36.4 Å². The van der Waals surface area contributed by atoms with Crippen molar-refractivity contribution in [3.63, 3.8) is 0 Å². The molecule has 2 aromatic carbocycles. The molecule has 72 heavy (non-hydrogen) atoms. The van der Waals surface area contributed by atoms with Crippen molar-refractivity contribution in [2.45, 2.75) is 114 Å². The molecule has 6 rings (SSSR count). The van der Waals surface area contributed by atoms with Crippen LogP contribution in [-0.4, -0.2) is 141 Å². The van der Waals surface area contributed by atoms with Crippen molar-refractivity contribution in [2.24, 2.45) is 17.6 Å². The van der Waals surface area contributed by atoms with Gasteiger partial charge in [0.2, 0.25) is 5.91 Å². The number of nitrogens with one attached hydrogen (secondary N) is 2. The van der Waals surface area contributed by atoms with Crippen LogP contribution in [0.4, 0.5) is 5.82 Å². The lowest BCUT2D eigenvalue weighted by Gasteiger charge is -2.31. The van der Waals surface area contributed by atoms with E-state index in [-0.39, 0.29) is 54.3 Å². The number of methoxy groups -OCH3 is 2. The predicted molar refractivity (Wildman–Crippen MR) is 256 cm³/mol. The number of hydrogen-bond acceptors (Lipinski definition) is 21. The van der Waals surface area contributed by atoms with Gasteiger partial charge < -0.3 is 59.9 Å². The van der Waals surface area contributed by atoms with Crippen LogP contribution in [0.3, 0.4) is 0 Å². The van der Waals surface area contributed by atoms with E-state index < -0.39 is 114 Å². The zero-order valence-electron chi connectivity index (χ0n) is 40.5. The number of aliphatic hydroxyl groups is 4. The van der Waals surface area contributed by atoms with Crippen LogP contribution in [0.5, 0.6) is 11.5 Å². The number of rotatable bonds is 22. The van der Waals surface area contributed by atoms with E-state index in [0.717, 1.165) is 9.47 Å². The number of nitrogens with zero attached hydrogens (tertiary/aromatic N) is 3. The van der Waals surface area contributed by atoms with Crippen LogP contribution in [0.2, 0.25) is 0 Å². The Balaban J connectivity index is 0.000000267. The van der Waals surface area contributed by atoms with Crippen molar-refractivity contribution in [3.05, 3.63) is 95.7 Å². The third-order valence-electron chi connectivity index (χ3n) is 11.0. The molecule has 3 aromatic rings. The number of carbonyl (C=O) groups is 3. The Morgan fingerprint density at radius 3 is 1.60 bits per heavy atom. The first kappa shape index (κ1) is 57.8. The summed E-state index contributed by atoms with van der Waals surface area (Å²) >= 11 is 0. The predicted octanol–water partition coefficient (Wildman–Crippen LogP) is 1.71. The molecule has 4 heterocycles. The quantitative estimate of drug-likeness (QED) is 0.0524. The number of hydrogen-bond donors (Lipinski definition) is 8. The van der Waals surface area contributed by atoms with E-state index in [2.05, 4.69) is 15.2 Å². The minimum atomic E-state index is -4.25. The molecule has 3 aliphatic rings. The second kappa shape index (κ2) is 26.2. The molecule has 1 aromatic heterocycles. The molecular weight excluding hydrogens is 988 g/mol. The lowest BCUT2D eigenvalue weighted by molar-refractivity contribution is -0.147. The second-order valence-electron chi connectivity index (χ2n) is 17.7. The Labute approximate surface area is 415 Å². The molecule has 2 fully saturated rings. The van der Waals surface area contributed by atoms with E-state index in [1.54, 1.807) is 66.7 Å². The highest BCUT2D eigenvalue weighted by atomic mass is 31.2. The molecular formula is C45H65N7O18P2. The largest absolute Gasteiger partial charge is 0.468 e. The Bertz CT molecular complexity index is 2440. The lowest BCUT2D eigenvalue weighted by Crippen LogP contribution is -2.47. The number of carbonyl (C=O) groups excluding carboxylic acids is 3. The van der Waals surface area contributed by atoms with Crippen molar-refractivity contribution in [3.8, 4) is 11.5 Å². The van der Waals surface area contributed by atoms with Gasteiger partial charge >= 0.3 is 33.1 Å². The zero-order valence-corrected chi connectivity index (χ0v) is 42.3. The minimum absolute atomic E-state index is 0.0178. The van der Waals surface area contributed by atoms with E-state index in [4.69, 9.17) is 48.5 Å². The van der Waals surface area contributed by atoms with Gasteiger partial charge in [0, 0.05) is 24.9 Å². The number of nitrogens with two attached hydrogens (primary N) is 2. The van der Waals surface area contributed by atoms with Crippen molar-refractivity contribution in [1.82, 2.24) is 24.6 Å². The number of esters is 2. The molecule has 0 bridgehead atoms. The van der Waals surface area contributed by atoms with E-state index in [9.17, 15) is 48.7 Å². The highest BCUT2D eigenvalue weighted by molar-refractivity contribution is 7.52. The first-order chi connectivity index (χ1) is 34.0. The van der Waals surface area contributed by atoms with Gasteiger partial charge in [-0.05, 0) is 55.0 Å². The molecule has 398 valence electrons. The molecule has 27 heteroatoms. The third-order valence-corrected chi connectivity index (χ3v) is 14.2. The molecule has 13 atom stereocenters. The number of nitrogen functional groups attached to an aromatic ring is 1. The number of benzene rings is 2. The Morgan fingerprint density at radius 2 is 1.18 bits per heavy atom. The van der Waals surface area contributed by atoms with Crippen molar-refractivity contribution >= 4 is 39.2 Å². The van der Waals surface area contributed by atoms with E-state index >= 15 is 0 Å². The van der Waals surface area contributed by atoms with E-state index in [1.807, 2.05) is 27.7 Å². The molecule has 0 aliphatic carbocycles. The van der Waals surface area contributed by atoms with Crippen molar-refractivity contribution < 1.29 is 81.0 Å². The van der Waals surface area contributed by atoms with Crippen LogP contribution in [0.1, 0.15) is 53.2 Å². The zero-order chi connectivity index (χ0) is 52.9. The summed E-state index contributed by atoms with van der Waals surface area (Å²) in [5, 5.41) is 47.3. The van der Waals surface area contributed by atoms with Gasteiger partial charge in [-0.2, -0.15) is 15.2 Å². The van der Waals surface area contributed by atoms with Gasteiger partial charge in [-0.1, -0.05) is 70.2 Å². The summed E-state index contributed by atoms with van der Waals surface area (Å²) in [5.41, 5.74) is 10.4. The van der Waals surface area contributed by atoms with E-state index in [0.29, 0.717) is 0 Å². The number of amides is 1. The molecule has 3 aliphatic heterocycles. The van der Waals surface area contributed by atoms with Gasteiger partial charge in [0.25, 0.3) is 0 Å². The van der Waals surface area contributed by atoms with Gasteiger partial charge in [-0.25, -0.2) is 13.9 Å². The van der Waals surface area contributed by atoms with Crippen molar-refractivity contribution in [1.29, 1.82) is 0 Å². The molecule has 0 saturated carbocycles. The van der Waals surface area contributed by atoms with Crippen LogP contribution >= 0.6 is 15.5 Å². The molecule has 0 spiro atoms. The maximum absolute atomic E-state index is 13.8. The molecule has 1 amide bonds. The smallest absolute Gasteiger partial charge is 0.459 e. The highest BCUT2D eigenvalue weighted by Crippen LogP contribution is 2.48. The molecule has 0 radical (unpaired) electrons. The Hall–Kier alpha value is -5.11. The third kappa shape index (κ3) is 15.9. The summed E-state index contributed by atoms with van der Waals surface area (Å²) in [6.07, 6.45) is -5.93. The van der Waals surface area contributed by atoms with Crippen LogP contribution in [0.25, 0.3) is 0 Å². The topological polar surface area (TPSA) is 354 Å². The standard InChI is InChI=1S/C23H34N3O9P.C22H31N4O9P/c1-14(2)11-17(23(30)32-3)25-36(31,35-16-7-5-4-6-8-16)33-13-18-20(28)21(29)22(34-18)26-10-9-15(24)12-19(26)27;1-13(2)11-15(21(29)32-3)25-36(31,35-14-7-5-4-6-8-14)33-12-16-18(27)19(28)20(34-16)26-10-9-17(23)24-22(26)30/h4-10,14-15,17-18,20-22,28-29H,11-13,24H2,1-3H3,(H,25,31);4-10,13,15-16,18-20,27-28H,11-12H2,1-3H3,(H,25,31)(H2,23,24,30)/t15?,17-,18+,20+,21+,22+,36?;15-,16+,18+,19+,20+,36?/m00/s1. The summed E-state index contributed by atoms with van der Waals surface area (Å²) in [6.45, 7) is 6.52. The average Bonchev–Trinajstić information content (AvgIpc) is 3.77. The fraction of sp³-hybridized carbons (Fsp3) is 0.533. The highest BCUT2D eigenvalue weighted by Gasteiger charge is 2.49. The monoisotopic (exact) mass is 1050 g/mol. The number of aromatic nitrogens is 2. The fourth-order valence-corrected chi connectivity index (χ4v) is 10.5. The molecule has 25 nitrogen and oxygen atoms in total. The number of aliphatic hydroxyl groups excluding tert-OH is 4. The molecule has 10 N–H and O–H groups in total. The average molecular weight is 1050 g/mol. The normalized spacial score (nSPS) is 26.5. The summed E-state index contributed by atoms with van der Waals surface area (Å²) in [5.74, 6) is -1.20. The van der Waals surface area contributed by atoms with Gasteiger partial charge in [-0.3, -0.25) is 32.9 Å². The van der Waals surface area contributed by atoms with Gasteiger partial charge in [0.15, 0.2) is 12.5 Å². The number of ether oxygens (including phenoxy) is 4. The van der Waals surface area contributed by atoms with Crippen LogP contribution in [0.15, 0.2) is 90.0 Å².